The Hall–Kier alpha value is -1.89. The summed E-state index contributed by atoms with van der Waals surface area (Å²) in [6.07, 6.45) is -4.46. The highest BCUT2D eigenvalue weighted by molar-refractivity contribution is 5.31. The van der Waals surface area contributed by atoms with Crippen LogP contribution in [0.4, 0.5) is 13.2 Å². The van der Waals surface area contributed by atoms with Crippen molar-refractivity contribution in [2.45, 2.75) is 32.2 Å². The molecule has 1 heterocycles. The van der Waals surface area contributed by atoms with E-state index in [4.69, 9.17) is 0 Å². The third kappa shape index (κ3) is 2.98. The molecule has 0 spiro atoms. The maximum absolute atomic E-state index is 12.9. The molecule has 20 heavy (non-hydrogen) atoms. The summed E-state index contributed by atoms with van der Waals surface area (Å²) < 4.78 is 40.2. The molecule has 1 aromatic carbocycles. The Kier molecular flexibility index (Phi) is 4.08. The van der Waals surface area contributed by atoms with Gasteiger partial charge in [-0.15, -0.1) is 0 Å². The first-order valence-corrected chi connectivity index (χ1v) is 6.14. The van der Waals surface area contributed by atoms with Crippen LogP contribution in [0, 0.1) is 0 Å². The normalized spacial score (nSPS) is 13.4. The SMILES string of the molecule is CCn1ncnc1CC(O)c1ccccc1C(F)(F)F. The van der Waals surface area contributed by atoms with E-state index < -0.39 is 17.8 Å². The van der Waals surface area contributed by atoms with Crippen molar-refractivity contribution in [2.75, 3.05) is 0 Å². The molecule has 2 aromatic rings. The van der Waals surface area contributed by atoms with Crippen molar-refractivity contribution < 1.29 is 18.3 Å². The van der Waals surface area contributed by atoms with Crippen LogP contribution in [0.25, 0.3) is 0 Å². The van der Waals surface area contributed by atoms with Gasteiger partial charge >= 0.3 is 6.18 Å². The molecule has 0 saturated carbocycles. The fourth-order valence-corrected chi connectivity index (χ4v) is 2.04. The smallest absolute Gasteiger partial charge is 0.388 e. The Morgan fingerprint density at radius 1 is 1.30 bits per heavy atom. The number of halogens is 3. The number of rotatable bonds is 4. The van der Waals surface area contributed by atoms with Gasteiger partial charge in [0.05, 0.1) is 11.7 Å². The van der Waals surface area contributed by atoms with Gasteiger partial charge in [-0.3, -0.25) is 4.68 Å². The van der Waals surface area contributed by atoms with Crippen LogP contribution in [0.5, 0.6) is 0 Å². The van der Waals surface area contributed by atoms with Gasteiger partial charge in [0.25, 0.3) is 0 Å². The minimum atomic E-state index is -4.49. The standard InChI is InChI=1S/C13H14F3N3O/c1-2-19-12(17-8-18-19)7-11(20)9-5-3-4-6-10(9)13(14,15)16/h3-6,8,11,20H,2,7H2,1H3. The molecule has 0 aliphatic heterocycles. The largest absolute Gasteiger partial charge is 0.416 e. The molecule has 2 rings (SSSR count). The molecule has 108 valence electrons. The van der Waals surface area contributed by atoms with Crippen molar-refractivity contribution in [1.29, 1.82) is 0 Å². The monoisotopic (exact) mass is 285 g/mol. The number of hydrogen-bond donors (Lipinski definition) is 1. The molecule has 0 saturated heterocycles. The van der Waals surface area contributed by atoms with E-state index in [1.54, 1.807) is 4.68 Å². The molecule has 0 radical (unpaired) electrons. The zero-order chi connectivity index (χ0) is 14.8. The summed E-state index contributed by atoms with van der Waals surface area (Å²) in [7, 11) is 0. The Bertz CT molecular complexity index is 580. The fourth-order valence-electron chi connectivity index (χ4n) is 2.04. The summed E-state index contributed by atoms with van der Waals surface area (Å²) in [6, 6.07) is 5.01. The lowest BCUT2D eigenvalue weighted by Gasteiger charge is -2.17. The second-order valence-electron chi connectivity index (χ2n) is 4.30. The zero-order valence-corrected chi connectivity index (χ0v) is 10.8. The molecule has 4 nitrogen and oxygen atoms in total. The first-order chi connectivity index (χ1) is 9.43. The highest BCUT2D eigenvalue weighted by Crippen LogP contribution is 2.35. The van der Waals surface area contributed by atoms with E-state index in [0.717, 1.165) is 6.07 Å². The van der Waals surface area contributed by atoms with E-state index in [1.807, 2.05) is 6.92 Å². The number of nitrogens with zero attached hydrogens (tertiary/aromatic N) is 3. The number of aliphatic hydroxyl groups excluding tert-OH is 1. The minimum absolute atomic E-state index is 0.0130. The van der Waals surface area contributed by atoms with Crippen LogP contribution < -0.4 is 0 Å². The van der Waals surface area contributed by atoms with Crippen LogP contribution in [0.3, 0.4) is 0 Å². The summed E-state index contributed by atoms with van der Waals surface area (Å²) in [4.78, 5) is 3.95. The summed E-state index contributed by atoms with van der Waals surface area (Å²) in [5.74, 6) is 0.456. The van der Waals surface area contributed by atoms with Crippen molar-refractivity contribution in [2.24, 2.45) is 0 Å². The lowest BCUT2D eigenvalue weighted by Crippen LogP contribution is -2.15. The van der Waals surface area contributed by atoms with Crippen molar-refractivity contribution in [3.8, 4) is 0 Å². The van der Waals surface area contributed by atoms with Crippen LogP contribution >= 0.6 is 0 Å². The van der Waals surface area contributed by atoms with Gasteiger partial charge in [0.1, 0.15) is 12.2 Å². The Morgan fingerprint density at radius 2 is 2.00 bits per heavy atom. The van der Waals surface area contributed by atoms with Crippen LogP contribution in [0.2, 0.25) is 0 Å². The predicted octanol–water partition coefficient (Wildman–Crippen LogP) is 2.59. The van der Waals surface area contributed by atoms with E-state index in [0.29, 0.717) is 12.4 Å². The van der Waals surface area contributed by atoms with Crippen molar-refractivity contribution in [1.82, 2.24) is 14.8 Å². The predicted molar refractivity (Wildman–Crippen MR) is 65.8 cm³/mol. The fraction of sp³-hybridized carbons (Fsp3) is 0.385. The quantitative estimate of drug-likeness (QED) is 0.939. The molecule has 0 aliphatic rings. The van der Waals surface area contributed by atoms with E-state index in [-0.39, 0.29) is 12.0 Å². The molecule has 0 fully saturated rings. The van der Waals surface area contributed by atoms with Crippen LogP contribution in [-0.4, -0.2) is 19.9 Å². The summed E-state index contributed by atoms with van der Waals surface area (Å²) in [5.41, 5.74) is -0.972. The average Bonchev–Trinajstić information content (AvgIpc) is 2.85. The van der Waals surface area contributed by atoms with Gasteiger partial charge in [-0.25, -0.2) is 4.98 Å². The maximum atomic E-state index is 12.9. The molecule has 1 atom stereocenters. The minimum Gasteiger partial charge on any atom is -0.388 e. The Labute approximate surface area is 113 Å². The van der Waals surface area contributed by atoms with Crippen molar-refractivity contribution in [3.63, 3.8) is 0 Å². The van der Waals surface area contributed by atoms with Gasteiger partial charge in [0.2, 0.25) is 0 Å². The molecule has 0 amide bonds. The average molecular weight is 285 g/mol. The number of aromatic nitrogens is 3. The van der Waals surface area contributed by atoms with Gasteiger partial charge in [0, 0.05) is 13.0 Å². The molecule has 1 N–H and O–H groups in total. The lowest BCUT2D eigenvalue weighted by molar-refractivity contribution is -0.139. The van der Waals surface area contributed by atoms with E-state index in [1.165, 1.54) is 24.5 Å². The summed E-state index contributed by atoms with van der Waals surface area (Å²) >= 11 is 0. The van der Waals surface area contributed by atoms with E-state index in [9.17, 15) is 18.3 Å². The number of hydrogen-bond acceptors (Lipinski definition) is 3. The number of aliphatic hydroxyl groups is 1. The third-order valence-electron chi connectivity index (χ3n) is 3.00. The van der Waals surface area contributed by atoms with Gasteiger partial charge in [-0.1, -0.05) is 18.2 Å². The molecule has 1 aromatic heterocycles. The second-order valence-corrected chi connectivity index (χ2v) is 4.30. The van der Waals surface area contributed by atoms with Crippen molar-refractivity contribution >= 4 is 0 Å². The summed E-state index contributed by atoms with van der Waals surface area (Å²) in [5, 5.41) is 14.0. The molecule has 1 unspecified atom stereocenters. The van der Waals surface area contributed by atoms with Crippen LogP contribution in [-0.2, 0) is 19.1 Å². The first-order valence-electron chi connectivity index (χ1n) is 6.14. The third-order valence-corrected chi connectivity index (χ3v) is 3.00. The molecular formula is C13H14F3N3O. The van der Waals surface area contributed by atoms with Crippen molar-refractivity contribution in [3.05, 3.63) is 47.5 Å². The van der Waals surface area contributed by atoms with Gasteiger partial charge < -0.3 is 5.11 Å². The highest BCUT2D eigenvalue weighted by Gasteiger charge is 2.34. The summed E-state index contributed by atoms with van der Waals surface area (Å²) in [6.45, 7) is 2.39. The number of aryl methyl sites for hydroxylation is 1. The van der Waals surface area contributed by atoms with Crippen LogP contribution in [0.15, 0.2) is 30.6 Å². The second kappa shape index (κ2) is 5.62. The van der Waals surface area contributed by atoms with Gasteiger partial charge in [0.15, 0.2) is 0 Å². The zero-order valence-electron chi connectivity index (χ0n) is 10.8. The topological polar surface area (TPSA) is 50.9 Å². The van der Waals surface area contributed by atoms with Gasteiger partial charge in [-0.2, -0.15) is 18.3 Å². The Morgan fingerprint density at radius 3 is 2.65 bits per heavy atom. The highest BCUT2D eigenvalue weighted by atomic mass is 19.4. The maximum Gasteiger partial charge on any atom is 0.416 e. The molecule has 7 heteroatoms. The molecule has 0 aliphatic carbocycles. The number of alkyl halides is 3. The molecule has 0 bridgehead atoms. The lowest BCUT2D eigenvalue weighted by atomic mass is 9.99. The van der Waals surface area contributed by atoms with E-state index in [2.05, 4.69) is 10.1 Å². The number of benzene rings is 1. The van der Waals surface area contributed by atoms with Gasteiger partial charge in [-0.05, 0) is 18.6 Å². The first kappa shape index (κ1) is 14.5. The Balaban J connectivity index is 2.28. The van der Waals surface area contributed by atoms with E-state index >= 15 is 0 Å². The van der Waals surface area contributed by atoms with Crippen LogP contribution in [0.1, 0.15) is 30.0 Å². The molecular weight excluding hydrogens is 271 g/mol.